The Morgan fingerprint density at radius 2 is 0.511 bits per heavy atom. The maximum absolute atomic E-state index is 13.1. The molecule has 0 rings (SSSR count). The molecule has 0 radical (unpaired) electrons. The highest BCUT2D eigenvalue weighted by atomic mass is 31.2. The van der Waals surface area contributed by atoms with Crippen molar-refractivity contribution in [1.82, 2.24) is 0 Å². The van der Waals surface area contributed by atoms with Crippen LogP contribution in [0, 0.1) is 0 Å². The quantitative estimate of drug-likeness (QED) is 0.0169. The van der Waals surface area contributed by atoms with Gasteiger partial charge in [0, 0.05) is 25.7 Å². The summed E-state index contributed by atoms with van der Waals surface area (Å²) in [5.41, 5.74) is 0. The van der Waals surface area contributed by atoms with Gasteiger partial charge in [0.2, 0.25) is 0 Å². The van der Waals surface area contributed by atoms with Gasteiger partial charge in [0.25, 0.3) is 0 Å². The van der Waals surface area contributed by atoms with E-state index in [0.29, 0.717) is 25.7 Å². The smallest absolute Gasteiger partial charge is 0.462 e. The lowest BCUT2D eigenvalue weighted by molar-refractivity contribution is -0.161. The Bertz CT molecular complexity index is 1880. The number of ether oxygens (including phenoxy) is 4. The molecule has 0 amide bonds. The minimum Gasteiger partial charge on any atom is -0.462 e. The number of esters is 4. The summed E-state index contributed by atoms with van der Waals surface area (Å²) in [5.74, 6) is -2.15. The SMILES string of the molecule is CCCCCC/C=C\C=C/CCCCCCCC(=O)OC[C@H](COP(=O)(O)OC[C@@H](O)COP(=O)(O)OC[C@@H](COC(=O)CCCCCCCCCCCC)OC(=O)CCCCCCCCCCCC)OC(=O)CCCCCCCCCCCCCCCCCCCCC. The molecule has 19 heteroatoms. The van der Waals surface area contributed by atoms with Crippen LogP contribution in [0.1, 0.15) is 374 Å². The average molecular weight is 1380 g/mol. The number of hydrogen-bond donors (Lipinski definition) is 3. The zero-order valence-corrected chi connectivity index (χ0v) is 62.2. The van der Waals surface area contributed by atoms with Crippen molar-refractivity contribution in [3.8, 4) is 0 Å². The lowest BCUT2D eigenvalue weighted by Gasteiger charge is -2.21. The van der Waals surface area contributed by atoms with Crippen LogP contribution in [0.2, 0.25) is 0 Å². The van der Waals surface area contributed by atoms with Gasteiger partial charge in [0.1, 0.15) is 19.3 Å². The molecule has 0 fully saturated rings. The molecule has 0 spiro atoms. The molecule has 0 aromatic heterocycles. The van der Waals surface area contributed by atoms with E-state index in [2.05, 4.69) is 52.0 Å². The van der Waals surface area contributed by atoms with Gasteiger partial charge >= 0.3 is 39.5 Å². The first-order valence-electron chi connectivity index (χ1n) is 38.6. The van der Waals surface area contributed by atoms with E-state index in [1.165, 1.54) is 186 Å². The molecule has 0 aliphatic heterocycles. The molecule has 554 valence electrons. The Hall–Kier alpha value is -2.46. The van der Waals surface area contributed by atoms with Gasteiger partial charge in [-0.1, -0.05) is 322 Å². The highest BCUT2D eigenvalue weighted by molar-refractivity contribution is 7.47. The fourth-order valence-corrected chi connectivity index (χ4v) is 12.6. The second-order valence-electron chi connectivity index (χ2n) is 26.4. The summed E-state index contributed by atoms with van der Waals surface area (Å²) in [4.78, 5) is 72.7. The van der Waals surface area contributed by atoms with Crippen LogP contribution in [0.3, 0.4) is 0 Å². The summed E-state index contributed by atoms with van der Waals surface area (Å²) in [5, 5.41) is 10.6. The summed E-state index contributed by atoms with van der Waals surface area (Å²) in [6.07, 6.45) is 61.8. The lowest BCUT2D eigenvalue weighted by atomic mass is 10.0. The maximum Gasteiger partial charge on any atom is 0.472 e. The van der Waals surface area contributed by atoms with Crippen molar-refractivity contribution < 1.29 is 80.2 Å². The van der Waals surface area contributed by atoms with Crippen LogP contribution < -0.4 is 0 Å². The summed E-state index contributed by atoms with van der Waals surface area (Å²) in [6, 6.07) is 0. The van der Waals surface area contributed by atoms with Crippen molar-refractivity contribution in [2.24, 2.45) is 0 Å². The largest absolute Gasteiger partial charge is 0.472 e. The number of carbonyl (C=O) groups is 4. The Morgan fingerprint density at radius 1 is 0.298 bits per heavy atom. The van der Waals surface area contributed by atoms with E-state index >= 15 is 0 Å². The van der Waals surface area contributed by atoms with E-state index < -0.39 is 97.5 Å². The predicted molar refractivity (Wildman–Crippen MR) is 381 cm³/mol. The van der Waals surface area contributed by atoms with Gasteiger partial charge in [-0.25, -0.2) is 9.13 Å². The van der Waals surface area contributed by atoms with Gasteiger partial charge in [-0.2, -0.15) is 0 Å². The first-order valence-corrected chi connectivity index (χ1v) is 41.6. The molecule has 94 heavy (non-hydrogen) atoms. The first kappa shape index (κ1) is 91.5. The summed E-state index contributed by atoms with van der Waals surface area (Å²) < 4.78 is 68.4. The molecule has 0 aliphatic carbocycles. The van der Waals surface area contributed by atoms with Gasteiger partial charge in [-0.3, -0.25) is 37.3 Å². The molecule has 0 aromatic rings. The number of allylic oxidation sites excluding steroid dienone is 4. The highest BCUT2D eigenvalue weighted by Crippen LogP contribution is 2.45. The second-order valence-corrected chi connectivity index (χ2v) is 29.3. The molecule has 5 atom stereocenters. The minimum atomic E-state index is -4.96. The van der Waals surface area contributed by atoms with E-state index in [4.69, 9.17) is 37.0 Å². The number of aliphatic hydroxyl groups is 1. The summed E-state index contributed by atoms with van der Waals surface area (Å²) in [6.45, 7) is 4.90. The van der Waals surface area contributed by atoms with E-state index in [9.17, 15) is 43.2 Å². The van der Waals surface area contributed by atoms with Crippen molar-refractivity contribution in [2.45, 2.75) is 393 Å². The minimum absolute atomic E-state index is 0.102. The van der Waals surface area contributed by atoms with Crippen LogP contribution in [-0.4, -0.2) is 96.7 Å². The normalized spacial score (nSPS) is 14.1. The van der Waals surface area contributed by atoms with Crippen LogP contribution in [0.5, 0.6) is 0 Å². The topological polar surface area (TPSA) is 237 Å². The zero-order chi connectivity index (χ0) is 69.0. The average Bonchev–Trinajstić information content (AvgIpc) is 1.18. The summed E-state index contributed by atoms with van der Waals surface area (Å²) >= 11 is 0. The molecule has 0 saturated carbocycles. The Kier molecular flexibility index (Phi) is 67.2. The van der Waals surface area contributed by atoms with Crippen LogP contribution in [-0.2, 0) is 65.4 Å². The van der Waals surface area contributed by atoms with Crippen molar-refractivity contribution in [1.29, 1.82) is 0 Å². The summed E-state index contributed by atoms with van der Waals surface area (Å²) in [7, 11) is -9.91. The number of rotatable bonds is 74. The van der Waals surface area contributed by atoms with Crippen LogP contribution >= 0.6 is 15.6 Å². The van der Waals surface area contributed by atoms with Crippen molar-refractivity contribution >= 4 is 39.5 Å². The Balaban J connectivity index is 5.24. The van der Waals surface area contributed by atoms with E-state index in [1.54, 1.807) is 0 Å². The van der Waals surface area contributed by atoms with Gasteiger partial charge in [0.15, 0.2) is 12.2 Å². The molecule has 2 unspecified atom stereocenters. The van der Waals surface area contributed by atoms with Crippen LogP contribution in [0.4, 0.5) is 0 Å². The molecule has 3 N–H and O–H groups in total. The monoisotopic (exact) mass is 1380 g/mol. The van der Waals surface area contributed by atoms with Crippen LogP contribution in [0.15, 0.2) is 24.3 Å². The lowest BCUT2D eigenvalue weighted by Crippen LogP contribution is -2.30. The Labute approximate surface area is 573 Å². The second kappa shape index (κ2) is 69.0. The molecule has 0 aromatic carbocycles. The predicted octanol–water partition coefficient (Wildman–Crippen LogP) is 21.8. The number of hydrogen-bond acceptors (Lipinski definition) is 15. The van der Waals surface area contributed by atoms with Crippen molar-refractivity contribution in [3.05, 3.63) is 24.3 Å². The van der Waals surface area contributed by atoms with Gasteiger partial charge in [-0.05, 0) is 51.4 Å². The standard InChI is InChI=1S/C75H142O17P2/c1-5-9-13-17-21-25-29-31-33-34-35-36-38-40-42-46-50-54-58-62-75(80)92-71(66-86-73(78)60-56-52-48-45-41-39-37-32-30-26-22-18-14-10-6-2)68-90-94(83,84)88-64-69(76)63-87-93(81,82)89-67-70(91-74(79)61-57-53-49-44-28-24-20-16-12-8-4)65-85-72(77)59-55-51-47-43-27-23-19-15-11-7-3/h26,30,32,37,69-71,76H,5-25,27-29,31,33-36,38-68H2,1-4H3,(H,81,82)(H,83,84)/b30-26-,37-32-/t69-,70+,71+/m0/s1. The Morgan fingerprint density at radius 3 is 0.777 bits per heavy atom. The van der Waals surface area contributed by atoms with Gasteiger partial charge in [0.05, 0.1) is 26.4 Å². The molecule has 0 bridgehead atoms. The fraction of sp³-hybridized carbons (Fsp3) is 0.893. The van der Waals surface area contributed by atoms with Gasteiger partial charge in [-0.15, -0.1) is 0 Å². The van der Waals surface area contributed by atoms with E-state index in [1.807, 2.05) is 0 Å². The molecule has 0 aliphatic rings. The third-order valence-electron chi connectivity index (χ3n) is 17.0. The number of carbonyl (C=O) groups excluding carboxylic acids is 4. The molecule has 0 saturated heterocycles. The van der Waals surface area contributed by atoms with E-state index in [-0.39, 0.29) is 25.7 Å². The third-order valence-corrected chi connectivity index (χ3v) is 18.9. The van der Waals surface area contributed by atoms with Gasteiger partial charge < -0.3 is 33.8 Å². The number of aliphatic hydroxyl groups excluding tert-OH is 1. The molecule has 17 nitrogen and oxygen atoms in total. The number of phosphoric ester groups is 2. The first-order chi connectivity index (χ1) is 45.7. The van der Waals surface area contributed by atoms with Crippen molar-refractivity contribution in [3.63, 3.8) is 0 Å². The zero-order valence-electron chi connectivity index (χ0n) is 60.4. The van der Waals surface area contributed by atoms with Crippen molar-refractivity contribution in [2.75, 3.05) is 39.6 Å². The molecular formula is C75H142O17P2. The van der Waals surface area contributed by atoms with Crippen LogP contribution in [0.25, 0.3) is 0 Å². The number of unbranched alkanes of at least 4 members (excludes halogenated alkanes) is 45. The van der Waals surface area contributed by atoms with E-state index in [0.717, 1.165) is 109 Å². The molecular weight excluding hydrogens is 1230 g/mol. The third kappa shape index (κ3) is 68.1. The number of phosphoric acid groups is 2. The highest BCUT2D eigenvalue weighted by Gasteiger charge is 2.30. The molecule has 0 heterocycles. The fourth-order valence-electron chi connectivity index (χ4n) is 11.0. The maximum atomic E-state index is 13.1.